The molecule has 0 amide bonds. The fourth-order valence-corrected chi connectivity index (χ4v) is 3.18. The molecular formula is C7H17Si. The minimum Gasteiger partial charge on any atom is -0.0631 e. The highest BCUT2D eigenvalue weighted by atomic mass is 28.2. The van der Waals surface area contributed by atoms with E-state index < -0.39 is 0 Å². The maximum atomic E-state index is 2.33. The molecule has 0 spiro atoms. The van der Waals surface area contributed by atoms with Gasteiger partial charge in [-0.25, -0.2) is 0 Å². The van der Waals surface area contributed by atoms with Crippen LogP contribution in [0, 0.1) is 5.54 Å². The minimum absolute atomic E-state index is 0.101. The monoisotopic (exact) mass is 129 g/mol. The molecule has 0 aromatic rings. The van der Waals surface area contributed by atoms with Gasteiger partial charge >= 0.3 is 0 Å². The predicted molar refractivity (Wildman–Crippen MR) is 42.9 cm³/mol. The summed E-state index contributed by atoms with van der Waals surface area (Å²) in [6.07, 6.45) is 0. The molecule has 8 heavy (non-hydrogen) atoms. The molecule has 0 aliphatic heterocycles. The van der Waals surface area contributed by atoms with E-state index in [1.54, 1.807) is 5.54 Å². The summed E-state index contributed by atoms with van der Waals surface area (Å²) >= 11 is 0. The van der Waals surface area contributed by atoms with Crippen LogP contribution in [0.5, 0.6) is 0 Å². The quantitative estimate of drug-likeness (QED) is 0.475. The molecule has 0 aliphatic rings. The van der Waals surface area contributed by atoms with E-state index in [0.717, 1.165) is 0 Å². The molecule has 0 atom stereocenters. The van der Waals surface area contributed by atoms with Gasteiger partial charge in [-0.1, -0.05) is 34.6 Å². The van der Waals surface area contributed by atoms with Crippen LogP contribution in [0.25, 0.3) is 0 Å². The molecule has 0 aromatic carbocycles. The van der Waals surface area contributed by atoms with Gasteiger partial charge in [0.05, 0.1) is 0 Å². The molecule has 0 saturated carbocycles. The fraction of sp³-hybridized carbons (Fsp3) is 0.857. The van der Waals surface area contributed by atoms with Crippen molar-refractivity contribution in [1.29, 1.82) is 0 Å². The lowest BCUT2D eigenvalue weighted by Crippen LogP contribution is -2.12. The minimum atomic E-state index is 0.101. The summed E-state index contributed by atoms with van der Waals surface area (Å²) in [5.74, 6) is 0. The molecule has 0 bridgehead atoms. The van der Waals surface area contributed by atoms with Crippen LogP contribution in [0.2, 0.25) is 5.04 Å². The average Bonchev–Trinajstić information content (AvgIpc) is 1.21. The first-order chi connectivity index (χ1) is 3.42. The first-order valence-corrected chi connectivity index (χ1v) is 4.62. The van der Waals surface area contributed by atoms with E-state index in [1.165, 1.54) is 0 Å². The van der Waals surface area contributed by atoms with Gasteiger partial charge < -0.3 is 0 Å². The second kappa shape index (κ2) is 2.67. The summed E-state index contributed by atoms with van der Waals surface area (Å²) in [4.78, 5) is 0. The van der Waals surface area contributed by atoms with Gasteiger partial charge in [-0.15, -0.1) is 0 Å². The SMILES string of the molecule is C[C](C)[SiH2]C(C)(C)C. The van der Waals surface area contributed by atoms with E-state index in [0.29, 0.717) is 5.04 Å². The Morgan fingerprint density at radius 1 is 1.12 bits per heavy atom. The Balaban J connectivity index is 3.39. The van der Waals surface area contributed by atoms with E-state index in [1.807, 2.05) is 0 Å². The molecule has 1 heteroatoms. The van der Waals surface area contributed by atoms with Gasteiger partial charge in [0.15, 0.2) is 0 Å². The zero-order valence-corrected chi connectivity index (χ0v) is 8.12. The van der Waals surface area contributed by atoms with Crippen molar-refractivity contribution in [3.05, 3.63) is 5.54 Å². The zero-order chi connectivity index (χ0) is 6.78. The van der Waals surface area contributed by atoms with Gasteiger partial charge in [0.1, 0.15) is 0 Å². The third-order valence-electron chi connectivity index (χ3n) is 0.884. The van der Waals surface area contributed by atoms with Crippen molar-refractivity contribution in [2.45, 2.75) is 39.7 Å². The molecule has 0 heterocycles. The number of rotatable bonds is 1. The van der Waals surface area contributed by atoms with Crippen LogP contribution in [0.4, 0.5) is 0 Å². The molecular weight excluding hydrogens is 112 g/mol. The van der Waals surface area contributed by atoms with Crippen molar-refractivity contribution in [3.8, 4) is 0 Å². The van der Waals surface area contributed by atoms with Crippen molar-refractivity contribution < 1.29 is 0 Å². The Kier molecular flexibility index (Phi) is 2.74. The Labute approximate surface area is 55.5 Å². The van der Waals surface area contributed by atoms with Crippen molar-refractivity contribution in [1.82, 2.24) is 0 Å². The van der Waals surface area contributed by atoms with E-state index >= 15 is 0 Å². The third-order valence-corrected chi connectivity index (χ3v) is 2.65. The predicted octanol–water partition coefficient (Wildman–Crippen LogP) is 1.95. The molecule has 0 nitrogen and oxygen atoms in total. The maximum Gasteiger partial charge on any atom is 0.0326 e. The lowest BCUT2D eigenvalue weighted by atomic mass is 10.2. The van der Waals surface area contributed by atoms with E-state index in [-0.39, 0.29) is 9.52 Å². The third kappa shape index (κ3) is 6.22. The van der Waals surface area contributed by atoms with Crippen molar-refractivity contribution in [2.24, 2.45) is 0 Å². The molecule has 0 aromatic heterocycles. The van der Waals surface area contributed by atoms with Crippen LogP contribution >= 0.6 is 0 Å². The first-order valence-electron chi connectivity index (χ1n) is 3.21. The highest BCUT2D eigenvalue weighted by molar-refractivity contribution is 6.46. The molecule has 0 aliphatic carbocycles. The van der Waals surface area contributed by atoms with Crippen molar-refractivity contribution >= 4 is 9.52 Å². The fourth-order valence-electron chi connectivity index (χ4n) is 1.06. The maximum absolute atomic E-state index is 2.33. The Bertz CT molecular complexity index is 59.3. The molecule has 1 radical (unpaired) electrons. The van der Waals surface area contributed by atoms with Crippen molar-refractivity contribution in [3.63, 3.8) is 0 Å². The standard InChI is InChI=1S/C7H17Si/c1-6(2)8-7(3,4)5/h8H2,1-5H3. The van der Waals surface area contributed by atoms with Gasteiger partial charge in [-0.3, -0.25) is 0 Å². The summed E-state index contributed by atoms with van der Waals surface area (Å²) in [6, 6.07) is 0. The smallest absolute Gasteiger partial charge is 0.0326 e. The Morgan fingerprint density at radius 3 is 1.50 bits per heavy atom. The van der Waals surface area contributed by atoms with Crippen LogP contribution in [0.3, 0.4) is 0 Å². The van der Waals surface area contributed by atoms with Crippen LogP contribution in [0.15, 0.2) is 0 Å². The van der Waals surface area contributed by atoms with E-state index in [4.69, 9.17) is 0 Å². The summed E-state index contributed by atoms with van der Waals surface area (Å²) < 4.78 is 0. The summed E-state index contributed by atoms with van der Waals surface area (Å²) in [6.45, 7) is 11.5. The Morgan fingerprint density at radius 2 is 1.50 bits per heavy atom. The largest absolute Gasteiger partial charge is 0.0631 e. The normalized spacial score (nSPS) is 14.2. The first kappa shape index (κ1) is 8.22. The molecule has 0 saturated heterocycles. The number of hydrogen-bond donors (Lipinski definition) is 0. The van der Waals surface area contributed by atoms with E-state index in [9.17, 15) is 0 Å². The van der Waals surface area contributed by atoms with Crippen LogP contribution in [-0.2, 0) is 0 Å². The summed E-state index contributed by atoms with van der Waals surface area (Å²) in [5.41, 5.74) is 1.66. The topological polar surface area (TPSA) is 0 Å². The number of hydrogen-bond acceptors (Lipinski definition) is 0. The van der Waals surface area contributed by atoms with Gasteiger partial charge in [0, 0.05) is 9.52 Å². The summed E-state index contributed by atoms with van der Waals surface area (Å²) in [5, 5.41) is 0.624. The van der Waals surface area contributed by atoms with Crippen LogP contribution in [-0.4, -0.2) is 9.52 Å². The lowest BCUT2D eigenvalue weighted by Gasteiger charge is -2.18. The zero-order valence-electron chi connectivity index (χ0n) is 6.71. The van der Waals surface area contributed by atoms with Gasteiger partial charge in [-0.2, -0.15) is 0 Å². The Hall–Kier alpha value is 0.217. The lowest BCUT2D eigenvalue weighted by molar-refractivity contribution is 0.750. The molecule has 0 fully saturated rings. The molecule has 0 rings (SSSR count). The summed E-state index contributed by atoms with van der Waals surface area (Å²) in [7, 11) is 0.101. The second-order valence-electron chi connectivity index (χ2n) is 3.94. The highest BCUT2D eigenvalue weighted by Crippen LogP contribution is 2.23. The second-order valence-corrected chi connectivity index (χ2v) is 7.83. The van der Waals surface area contributed by atoms with Gasteiger partial charge in [0.2, 0.25) is 0 Å². The molecule has 0 unspecified atom stereocenters. The van der Waals surface area contributed by atoms with E-state index in [2.05, 4.69) is 34.6 Å². The van der Waals surface area contributed by atoms with Crippen LogP contribution < -0.4 is 0 Å². The van der Waals surface area contributed by atoms with Gasteiger partial charge in [0.25, 0.3) is 0 Å². The van der Waals surface area contributed by atoms with Crippen molar-refractivity contribution in [2.75, 3.05) is 0 Å². The van der Waals surface area contributed by atoms with Gasteiger partial charge in [-0.05, 0) is 10.6 Å². The molecule has 0 N–H and O–H groups in total. The molecule has 49 valence electrons. The van der Waals surface area contributed by atoms with Crippen LogP contribution in [0.1, 0.15) is 34.6 Å². The highest BCUT2D eigenvalue weighted by Gasteiger charge is 2.12. The average molecular weight is 129 g/mol.